The van der Waals surface area contributed by atoms with Gasteiger partial charge in [0.05, 0.1) is 11.9 Å². The Morgan fingerprint density at radius 1 is 1.24 bits per heavy atom. The molecule has 0 unspecified atom stereocenters. The van der Waals surface area contributed by atoms with E-state index in [1.54, 1.807) is 12.3 Å². The van der Waals surface area contributed by atoms with Crippen molar-refractivity contribution in [1.82, 2.24) is 4.98 Å². The standard InChI is InChI=1S/C12H7BrIN3/c13-11-4-3-8(5-12(11)14)17-10-2-1-9(6-15)16-7-10/h1-5,7,17H. The summed E-state index contributed by atoms with van der Waals surface area (Å²) in [4.78, 5) is 4.00. The largest absolute Gasteiger partial charge is 0.354 e. The molecule has 0 saturated carbocycles. The van der Waals surface area contributed by atoms with Crippen LogP contribution in [0, 0.1) is 14.9 Å². The normalized spacial score (nSPS) is 9.71. The van der Waals surface area contributed by atoms with Crippen molar-refractivity contribution in [1.29, 1.82) is 5.26 Å². The molecule has 1 aromatic carbocycles. The molecule has 2 aromatic rings. The molecule has 1 N–H and O–H groups in total. The molecule has 5 heteroatoms. The maximum Gasteiger partial charge on any atom is 0.140 e. The number of halogens is 2. The lowest BCUT2D eigenvalue weighted by molar-refractivity contribution is 1.26. The third-order valence-electron chi connectivity index (χ3n) is 2.09. The van der Waals surface area contributed by atoms with E-state index in [1.165, 1.54) is 0 Å². The molecule has 0 radical (unpaired) electrons. The van der Waals surface area contributed by atoms with Crippen LogP contribution in [0.25, 0.3) is 0 Å². The number of rotatable bonds is 2. The van der Waals surface area contributed by atoms with E-state index in [0.717, 1.165) is 19.4 Å². The highest BCUT2D eigenvalue weighted by molar-refractivity contribution is 14.1. The van der Waals surface area contributed by atoms with Crippen molar-refractivity contribution in [2.45, 2.75) is 0 Å². The Kier molecular flexibility index (Phi) is 3.97. The summed E-state index contributed by atoms with van der Waals surface area (Å²) in [5.41, 5.74) is 2.27. The molecule has 2 rings (SSSR count). The van der Waals surface area contributed by atoms with Crippen LogP contribution in [0.4, 0.5) is 11.4 Å². The van der Waals surface area contributed by atoms with Gasteiger partial charge >= 0.3 is 0 Å². The first kappa shape index (κ1) is 12.3. The number of anilines is 2. The van der Waals surface area contributed by atoms with Crippen LogP contribution in [0.2, 0.25) is 0 Å². The second-order valence-electron chi connectivity index (χ2n) is 3.30. The number of benzene rings is 1. The molecule has 0 bridgehead atoms. The summed E-state index contributed by atoms with van der Waals surface area (Å²) in [6, 6.07) is 11.5. The lowest BCUT2D eigenvalue weighted by Gasteiger charge is -2.07. The molecule has 0 fully saturated rings. The number of nitrogens with zero attached hydrogens (tertiary/aromatic N) is 2. The van der Waals surface area contributed by atoms with Gasteiger partial charge in [0.1, 0.15) is 11.8 Å². The molecule has 17 heavy (non-hydrogen) atoms. The number of hydrogen-bond donors (Lipinski definition) is 1. The highest BCUT2D eigenvalue weighted by Gasteiger charge is 2.00. The first-order valence-electron chi connectivity index (χ1n) is 4.77. The fraction of sp³-hybridized carbons (Fsp3) is 0. The van der Waals surface area contributed by atoms with Crippen molar-refractivity contribution in [2.75, 3.05) is 5.32 Å². The fourth-order valence-corrected chi connectivity index (χ4v) is 2.04. The van der Waals surface area contributed by atoms with Gasteiger partial charge in [-0.15, -0.1) is 0 Å². The zero-order valence-corrected chi connectivity index (χ0v) is 12.4. The predicted octanol–water partition coefficient (Wildman–Crippen LogP) is 4.06. The third kappa shape index (κ3) is 3.17. The van der Waals surface area contributed by atoms with Gasteiger partial charge in [-0.05, 0) is 68.9 Å². The second-order valence-corrected chi connectivity index (χ2v) is 5.31. The molecule has 0 saturated heterocycles. The number of nitriles is 1. The summed E-state index contributed by atoms with van der Waals surface area (Å²) < 4.78 is 2.20. The van der Waals surface area contributed by atoms with Crippen LogP contribution in [0.15, 0.2) is 41.0 Å². The topological polar surface area (TPSA) is 48.7 Å². The van der Waals surface area contributed by atoms with E-state index >= 15 is 0 Å². The van der Waals surface area contributed by atoms with Crippen molar-refractivity contribution < 1.29 is 0 Å². The first-order valence-corrected chi connectivity index (χ1v) is 6.64. The van der Waals surface area contributed by atoms with Crippen LogP contribution >= 0.6 is 38.5 Å². The smallest absolute Gasteiger partial charge is 0.140 e. The molecule has 84 valence electrons. The maximum atomic E-state index is 8.65. The number of aromatic nitrogens is 1. The third-order valence-corrected chi connectivity index (χ3v) is 4.41. The van der Waals surface area contributed by atoms with Crippen LogP contribution in [0.1, 0.15) is 5.69 Å². The van der Waals surface area contributed by atoms with Crippen molar-refractivity contribution in [3.8, 4) is 6.07 Å². The van der Waals surface area contributed by atoms with Gasteiger partial charge in [0, 0.05) is 13.7 Å². The Hall–Kier alpha value is -1.13. The van der Waals surface area contributed by atoms with E-state index in [0.29, 0.717) is 5.69 Å². The highest BCUT2D eigenvalue weighted by Crippen LogP contribution is 2.24. The lowest BCUT2D eigenvalue weighted by atomic mass is 10.3. The molecule has 0 aliphatic heterocycles. The molecular weight excluding hydrogens is 393 g/mol. The van der Waals surface area contributed by atoms with Crippen LogP contribution in [-0.2, 0) is 0 Å². The first-order chi connectivity index (χ1) is 8.19. The SMILES string of the molecule is N#Cc1ccc(Nc2ccc(Br)c(I)c2)cn1. The number of pyridine rings is 1. The van der Waals surface area contributed by atoms with E-state index in [2.05, 4.69) is 48.8 Å². The predicted molar refractivity (Wildman–Crippen MR) is 79.1 cm³/mol. The fourth-order valence-electron chi connectivity index (χ4n) is 1.27. The van der Waals surface area contributed by atoms with Crippen molar-refractivity contribution in [2.24, 2.45) is 0 Å². The monoisotopic (exact) mass is 399 g/mol. The van der Waals surface area contributed by atoms with Gasteiger partial charge in [-0.1, -0.05) is 0 Å². The zero-order valence-electron chi connectivity index (χ0n) is 8.61. The lowest BCUT2D eigenvalue weighted by Crippen LogP contribution is -1.92. The van der Waals surface area contributed by atoms with Crippen LogP contribution in [-0.4, -0.2) is 4.98 Å². The maximum absolute atomic E-state index is 8.65. The summed E-state index contributed by atoms with van der Waals surface area (Å²) in [6.07, 6.45) is 1.65. The summed E-state index contributed by atoms with van der Waals surface area (Å²) in [7, 11) is 0. The molecule has 0 atom stereocenters. The minimum atomic E-state index is 0.418. The van der Waals surface area contributed by atoms with Crippen LogP contribution in [0.5, 0.6) is 0 Å². The molecule has 1 aromatic heterocycles. The Morgan fingerprint density at radius 3 is 2.59 bits per heavy atom. The Balaban J connectivity index is 2.20. The van der Waals surface area contributed by atoms with Gasteiger partial charge in [-0.2, -0.15) is 5.26 Å². The second kappa shape index (κ2) is 5.47. The van der Waals surface area contributed by atoms with Crippen LogP contribution < -0.4 is 5.32 Å². The van der Waals surface area contributed by atoms with E-state index in [9.17, 15) is 0 Å². The summed E-state index contributed by atoms with van der Waals surface area (Å²) in [6.45, 7) is 0. The average molecular weight is 400 g/mol. The highest BCUT2D eigenvalue weighted by atomic mass is 127. The molecule has 0 aliphatic carbocycles. The van der Waals surface area contributed by atoms with Crippen molar-refractivity contribution in [3.63, 3.8) is 0 Å². The Bertz CT molecular complexity index is 575. The number of nitrogens with one attached hydrogen (secondary N) is 1. The Morgan fingerprint density at radius 2 is 2.00 bits per heavy atom. The summed E-state index contributed by atoms with van der Waals surface area (Å²) in [5.74, 6) is 0. The minimum Gasteiger partial charge on any atom is -0.354 e. The zero-order chi connectivity index (χ0) is 12.3. The average Bonchev–Trinajstić information content (AvgIpc) is 2.35. The molecule has 0 amide bonds. The quantitative estimate of drug-likeness (QED) is 0.774. The molecule has 3 nitrogen and oxygen atoms in total. The van der Waals surface area contributed by atoms with Gasteiger partial charge in [0.15, 0.2) is 0 Å². The van der Waals surface area contributed by atoms with Crippen LogP contribution in [0.3, 0.4) is 0 Å². The van der Waals surface area contributed by atoms with E-state index in [4.69, 9.17) is 5.26 Å². The molecule has 1 heterocycles. The van der Waals surface area contributed by atoms with E-state index in [-0.39, 0.29) is 0 Å². The molecule has 0 aliphatic rings. The van der Waals surface area contributed by atoms with Gasteiger partial charge in [0.2, 0.25) is 0 Å². The van der Waals surface area contributed by atoms with Gasteiger partial charge < -0.3 is 5.32 Å². The number of hydrogen-bond acceptors (Lipinski definition) is 3. The van der Waals surface area contributed by atoms with E-state index in [1.807, 2.05) is 30.3 Å². The van der Waals surface area contributed by atoms with Crippen molar-refractivity contribution >= 4 is 49.9 Å². The van der Waals surface area contributed by atoms with Crippen molar-refractivity contribution in [3.05, 3.63) is 50.3 Å². The molecular formula is C12H7BrIN3. The summed E-state index contributed by atoms with van der Waals surface area (Å²) in [5, 5.41) is 11.9. The van der Waals surface area contributed by atoms with Gasteiger partial charge in [-0.25, -0.2) is 4.98 Å². The molecule has 0 spiro atoms. The van der Waals surface area contributed by atoms with Gasteiger partial charge in [0.25, 0.3) is 0 Å². The van der Waals surface area contributed by atoms with E-state index < -0.39 is 0 Å². The van der Waals surface area contributed by atoms with Gasteiger partial charge in [-0.3, -0.25) is 0 Å². The summed E-state index contributed by atoms with van der Waals surface area (Å²) >= 11 is 5.71. The minimum absolute atomic E-state index is 0.418. The Labute approximate surface area is 121 Å².